The molecular formula is C15H32N2. The standard InChI is InChI=1S/C15H32N2/c1-12(2)7-16-10-15(5,6)11-17-8-13(3)14(4)9-17/h12-14,16H,7-11H2,1-6H3. The van der Waals surface area contributed by atoms with Crippen LogP contribution in [0.25, 0.3) is 0 Å². The molecule has 0 spiro atoms. The van der Waals surface area contributed by atoms with Gasteiger partial charge >= 0.3 is 0 Å². The van der Waals surface area contributed by atoms with Gasteiger partial charge in [0.25, 0.3) is 0 Å². The summed E-state index contributed by atoms with van der Waals surface area (Å²) in [6.45, 7) is 20.1. The smallest absolute Gasteiger partial charge is 0.00451 e. The van der Waals surface area contributed by atoms with E-state index >= 15 is 0 Å². The van der Waals surface area contributed by atoms with Crippen molar-refractivity contribution < 1.29 is 0 Å². The fourth-order valence-electron chi connectivity index (χ4n) is 2.74. The maximum atomic E-state index is 3.59. The highest BCUT2D eigenvalue weighted by molar-refractivity contribution is 4.84. The van der Waals surface area contributed by atoms with Crippen LogP contribution in [0.1, 0.15) is 41.5 Å². The first-order valence-electron chi connectivity index (χ1n) is 7.23. The second-order valence-corrected chi connectivity index (χ2v) is 7.34. The molecule has 2 unspecified atom stereocenters. The Morgan fingerprint density at radius 3 is 2.18 bits per heavy atom. The summed E-state index contributed by atoms with van der Waals surface area (Å²) in [6, 6.07) is 0. The van der Waals surface area contributed by atoms with Crippen molar-refractivity contribution in [1.82, 2.24) is 10.2 Å². The van der Waals surface area contributed by atoms with Crippen molar-refractivity contribution >= 4 is 0 Å². The number of likely N-dealkylation sites (tertiary alicyclic amines) is 1. The van der Waals surface area contributed by atoms with E-state index in [1.165, 1.54) is 19.6 Å². The monoisotopic (exact) mass is 240 g/mol. The molecule has 1 rings (SSSR count). The zero-order valence-electron chi connectivity index (χ0n) is 12.7. The van der Waals surface area contributed by atoms with Gasteiger partial charge in [-0.1, -0.05) is 41.5 Å². The van der Waals surface area contributed by atoms with Crippen molar-refractivity contribution in [3.63, 3.8) is 0 Å². The molecule has 0 amide bonds. The van der Waals surface area contributed by atoms with Crippen molar-refractivity contribution in [3.05, 3.63) is 0 Å². The van der Waals surface area contributed by atoms with E-state index in [2.05, 4.69) is 51.8 Å². The van der Waals surface area contributed by atoms with Gasteiger partial charge in [0.05, 0.1) is 0 Å². The van der Waals surface area contributed by atoms with Crippen LogP contribution in [0, 0.1) is 23.2 Å². The molecule has 1 fully saturated rings. The highest BCUT2D eigenvalue weighted by Gasteiger charge is 2.30. The minimum atomic E-state index is 0.388. The normalized spacial score (nSPS) is 27.0. The molecular weight excluding hydrogens is 208 g/mol. The lowest BCUT2D eigenvalue weighted by atomic mass is 9.92. The van der Waals surface area contributed by atoms with Crippen LogP contribution in [0.2, 0.25) is 0 Å². The molecule has 1 heterocycles. The molecule has 2 atom stereocenters. The Bertz CT molecular complexity index is 213. The summed E-state index contributed by atoms with van der Waals surface area (Å²) >= 11 is 0. The number of hydrogen-bond donors (Lipinski definition) is 1. The van der Waals surface area contributed by atoms with Gasteiger partial charge in [-0.2, -0.15) is 0 Å². The van der Waals surface area contributed by atoms with Crippen LogP contribution in [-0.4, -0.2) is 37.6 Å². The summed E-state index contributed by atoms with van der Waals surface area (Å²) in [4.78, 5) is 2.65. The fraction of sp³-hybridized carbons (Fsp3) is 1.00. The molecule has 17 heavy (non-hydrogen) atoms. The van der Waals surface area contributed by atoms with Gasteiger partial charge in [-0.05, 0) is 29.7 Å². The molecule has 0 saturated carbocycles. The highest BCUT2D eigenvalue weighted by Crippen LogP contribution is 2.26. The van der Waals surface area contributed by atoms with Gasteiger partial charge in [-0.3, -0.25) is 0 Å². The summed E-state index contributed by atoms with van der Waals surface area (Å²) in [5, 5.41) is 3.59. The third-order valence-corrected chi connectivity index (χ3v) is 3.87. The van der Waals surface area contributed by atoms with Gasteiger partial charge in [-0.15, -0.1) is 0 Å². The summed E-state index contributed by atoms with van der Waals surface area (Å²) < 4.78 is 0. The van der Waals surface area contributed by atoms with E-state index in [1.54, 1.807) is 0 Å². The van der Waals surface area contributed by atoms with Gasteiger partial charge in [-0.25, -0.2) is 0 Å². The summed E-state index contributed by atoms with van der Waals surface area (Å²) in [5.41, 5.74) is 0.388. The van der Waals surface area contributed by atoms with E-state index < -0.39 is 0 Å². The molecule has 102 valence electrons. The van der Waals surface area contributed by atoms with E-state index in [9.17, 15) is 0 Å². The van der Waals surface area contributed by atoms with E-state index in [0.717, 1.165) is 30.8 Å². The Balaban J connectivity index is 2.29. The van der Waals surface area contributed by atoms with Crippen molar-refractivity contribution in [2.24, 2.45) is 23.2 Å². The van der Waals surface area contributed by atoms with Crippen molar-refractivity contribution in [2.75, 3.05) is 32.7 Å². The number of hydrogen-bond acceptors (Lipinski definition) is 2. The summed E-state index contributed by atoms with van der Waals surface area (Å²) in [5.74, 6) is 2.49. The molecule has 0 aromatic heterocycles. The third kappa shape index (κ3) is 5.39. The zero-order chi connectivity index (χ0) is 13.1. The van der Waals surface area contributed by atoms with E-state index in [1.807, 2.05) is 0 Å². The molecule has 2 heteroatoms. The Morgan fingerprint density at radius 2 is 1.71 bits per heavy atom. The van der Waals surface area contributed by atoms with Crippen LogP contribution in [0.4, 0.5) is 0 Å². The Labute approximate surface area is 108 Å². The third-order valence-electron chi connectivity index (χ3n) is 3.87. The molecule has 0 radical (unpaired) electrons. The first-order valence-corrected chi connectivity index (χ1v) is 7.23. The van der Waals surface area contributed by atoms with Gasteiger partial charge in [0.1, 0.15) is 0 Å². The van der Waals surface area contributed by atoms with Crippen LogP contribution in [0.3, 0.4) is 0 Å². The Morgan fingerprint density at radius 1 is 1.18 bits per heavy atom. The molecule has 0 bridgehead atoms. The fourth-order valence-corrected chi connectivity index (χ4v) is 2.74. The SMILES string of the molecule is CC(C)CNCC(C)(C)CN1CC(C)C(C)C1. The van der Waals surface area contributed by atoms with E-state index in [-0.39, 0.29) is 0 Å². The van der Waals surface area contributed by atoms with Crippen LogP contribution in [-0.2, 0) is 0 Å². The Hall–Kier alpha value is -0.0800. The maximum absolute atomic E-state index is 3.59. The molecule has 0 aromatic rings. The molecule has 2 nitrogen and oxygen atoms in total. The number of rotatable bonds is 6. The maximum Gasteiger partial charge on any atom is 0.00451 e. The number of nitrogens with zero attached hydrogens (tertiary/aromatic N) is 1. The highest BCUT2D eigenvalue weighted by atomic mass is 15.2. The van der Waals surface area contributed by atoms with Crippen LogP contribution < -0.4 is 5.32 Å². The van der Waals surface area contributed by atoms with Crippen LogP contribution in [0.5, 0.6) is 0 Å². The average molecular weight is 240 g/mol. The molecule has 1 N–H and O–H groups in total. The predicted octanol–water partition coefficient (Wildman–Crippen LogP) is 2.85. The molecule has 0 aliphatic carbocycles. The second kappa shape index (κ2) is 6.19. The molecule has 1 aliphatic heterocycles. The van der Waals surface area contributed by atoms with Gasteiger partial charge in [0, 0.05) is 26.2 Å². The first-order chi connectivity index (χ1) is 7.80. The quantitative estimate of drug-likeness (QED) is 0.768. The minimum Gasteiger partial charge on any atom is -0.316 e. The Kier molecular flexibility index (Phi) is 5.46. The largest absolute Gasteiger partial charge is 0.316 e. The zero-order valence-corrected chi connectivity index (χ0v) is 12.7. The lowest BCUT2D eigenvalue weighted by Crippen LogP contribution is -2.40. The number of nitrogens with one attached hydrogen (secondary N) is 1. The van der Waals surface area contributed by atoms with E-state index in [0.29, 0.717) is 5.41 Å². The predicted molar refractivity (Wildman–Crippen MR) is 76.3 cm³/mol. The molecule has 0 aromatic carbocycles. The van der Waals surface area contributed by atoms with Gasteiger partial charge in [0.15, 0.2) is 0 Å². The molecule has 1 aliphatic rings. The van der Waals surface area contributed by atoms with Crippen LogP contribution >= 0.6 is 0 Å². The lowest BCUT2D eigenvalue weighted by Gasteiger charge is -2.31. The topological polar surface area (TPSA) is 15.3 Å². The average Bonchev–Trinajstić information content (AvgIpc) is 2.43. The van der Waals surface area contributed by atoms with Crippen LogP contribution in [0.15, 0.2) is 0 Å². The minimum absolute atomic E-state index is 0.388. The van der Waals surface area contributed by atoms with E-state index in [4.69, 9.17) is 0 Å². The summed E-state index contributed by atoms with van der Waals surface area (Å²) in [7, 11) is 0. The van der Waals surface area contributed by atoms with Crippen molar-refractivity contribution in [2.45, 2.75) is 41.5 Å². The van der Waals surface area contributed by atoms with Crippen molar-refractivity contribution in [3.8, 4) is 0 Å². The first kappa shape index (κ1) is 15.0. The molecule has 1 saturated heterocycles. The van der Waals surface area contributed by atoms with Gasteiger partial charge < -0.3 is 10.2 Å². The van der Waals surface area contributed by atoms with Gasteiger partial charge in [0.2, 0.25) is 0 Å². The second-order valence-electron chi connectivity index (χ2n) is 7.34. The lowest BCUT2D eigenvalue weighted by molar-refractivity contribution is 0.196. The summed E-state index contributed by atoms with van der Waals surface area (Å²) in [6.07, 6.45) is 0. The van der Waals surface area contributed by atoms with Crippen molar-refractivity contribution in [1.29, 1.82) is 0 Å².